The summed E-state index contributed by atoms with van der Waals surface area (Å²) in [7, 11) is 0. The van der Waals surface area contributed by atoms with Crippen molar-refractivity contribution in [1.29, 1.82) is 0 Å². The molecule has 1 fully saturated rings. The smallest absolute Gasteiger partial charge is 0.321 e. The highest BCUT2D eigenvalue weighted by molar-refractivity contribution is 6.00. The monoisotopic (exact) mass is 316 g/mol. The SMILES string of the molecule is CC1NC(=O)NC(=O)C1CC(=O)NCc1nc2ccccc2o1. The van der Waals surface area contributed by atoms with E-state index in [2.05, 4.69) is 20.9 Å². The van der Waals surface area contributed by atoms with Crippen LogP contribution in [0, 0.1) is 5.92 Å². The molecule has 0 saturated carbocycles. The summed E-state index contributed by atoms with van der Waals surface area (Å²) < 4.78 is 5.50. The van der Waals surface area contributed by atoms with E-state index in [1.807, 2.05) is 18.2 Å². The van der Waals surface area contributed by atoms with E-state index in [0.29, 0.717) is 11.5 Å². The number of benzene rings is 1. The summed E-state index contributed by atoms with van der Waals surface area (Å²) in [4.78, 5) is 39.2. The largest absolute Gasteiger partial charge is 0.439 e. The summed E-state index contributed by atoms with van der Waals surface area (Å²) in [5, 5.41) is 7.40. The first-order chi connectivity index (χ1) is 11.0. The molecular weight excluding hydrogens is 300 g/mol. The Morgan fingerprint density at radius 1 is 1.35 bits per heavy atom. The molecule has 4 amide bonds. The van der Waals surface area contributed by atoms with Crippen LogP contribution in [-0.2, 0) is 16.1 Å². The quantitative estimate of drug-likeness (QED) is 0.767. The second kappa shape index (κ2) is 6.07. The molecule has 0 radical (unpaired) electrons. The Bertz CT molecular complexity index is 737. The highest BCUT2D eigenvalue weighted by atomic mass is 16.3. The second-order valence-corrected chi connectivity index (χ2v) is 5.41. The van der Waals surface area contributed by atoms with Crippen LogP contribution in [0.1, 0.15) is 19.2 Å². The Balaban J connectivity index is 1.57. The third kappa shape index (κ3) is 3.31. The normalized spacial score (nSPS) is 20.9. The number of carbonyl (C=O) groups is 3. The molecule has 120 valence electrons. The maximum absolute atomic E-state index is 12.0. The highest BCUT2D eigenvalue weighted by Crippen LogP contribution is 2.15. The summed E-state index contributed by atoms with van der Waals surface area (Å²) in [6.45, 7) is 1.83. The van der Waals surface area contributed by atoms with Crippen molar-refractivity contribution in [2.24, 2.45) is 5.92 Å². The van der Waals surface area contributed by atoms with Gasteiger partial charge in [-0.2, -0.15) is 0 Å². The van der Waals surface area contributed by atoms with Gasteiger partial charge in [-0.15, -0.1) is 0 Å². The molecule has 1 aromatic heterocycles. The number of rotatable bonds is 4. The van der Waals surface area contributed by atoms with E-state index < -0.39 is 23.9 Å². The summed E-state index contributed by atoms with van der Waals surface area (Å²) >= 11 is 0. The lowest BCUT2D eigenvalue weighted by Crippen LogP contribution is -2.57. The standard InChI is InChI=1S/C15H16N4O4/c1-8-9(14(21)19-15(22)17-8)6-12(20)16-7-13-18-10-4-2-3-5-11(10)23-13/h2-5,8-9H,6-7H2,1H3,(H,16,20)(H2,17,19,21,22). The van der Waals surface area contributed by atoms with Crippen molar-refractivity contribution in [3.8, 4) is 0 Å². The number of imide groups is 1. The molecule has 0 spiro atoms. The molecule has 1 aromatic carbocycles. The molecule has 8 heteroatoms. The zero-order chi connectivity index (χ0) is 16.4. The number of nitrogens with one attached hydrogen (secondary N) is 3. The Kier molecular flexibility index (Phi) is 3.96. The lowest BCUT2D eigenvalue weighted by Gasteiger charge is -2.28. The first-order valence-electron chi connectivity index (χ1n) is 7.25. The summed E-state index contributed by atoms with van der Waals surface area (Å²) in [6.07, 6.45) is -0.0203. The van der Waals surface area contributed by atoms with Crippen molar-refractivity contribution in [2.45, 2.75) is 25.9 Å². The molecule has 23 heavy (non-hydrogen) atoms. The minimum Gasteiger partial charge on any atom is -0.439 e. The molecule has 1 aliphatic heterocycles. The van der Waals surface area contributed by atoms with Gasteiger partial charge in [-0.05, 0) is 19.1 Å². The molecule has 0 bridgehead atoms. The van der Waals surface area contributed by atoms with Gasteiger partial charge in [0.15, 0.2) is 5.58 Å². The molecule has 3 N–H and O–H groups in total. The van der Waals surface area contributed by atoms with Gasteiger partial charge < -0.3 is 15.1 Å². The number of oxazole rings is 1. The Labute approximate surface area is 131 Å². The minimum atomic E-state index is -0.601. The van der Waals surface area contributed by atoms with Crippen LogP contribution >= 0.6 is 0 Å². The first kappa shape index (κ1) is 15.0. The summed E-state index contributed by atoms with van der Waals surface area (Å²) in [5.74, 6) is -0.959. The van der Waals surface area contributed by atoms with Gasteiger partial charge in [-0.25, -0.2) is 9.78 Å². The van der Waals surface area contributed by atoms with E-state index in [4.69, 9.17) is 4.42 Å². The molecule has 1 saturated heterocycles. The van der Waals surface area contributed by atoms with E-state index in [-0.39, 0.29) is 18.9 Å². The molecule has 3 rings (SSSR count). The van der Waals surface area contributed by atoms with Gasteiger partial charge in [-0.1, -0.05) is 12.1 Å². The number of nitrogens with zero attached hydrogens (tertiary/aromatic N) is 1. The third-order valence-electron chi connectivity index (χ3n) is 3.72. The van der Waals surface area contributed by atoms with Gasteiger partial charge in [0.25, 0.3) is 0 Å². The van der Waals surface area contributed by atoms with Crippen molar-refractivity contribution in [1.82, 2.24) is 20.9 Å². The van der Waals surface area contributed by atoms with Crippen LogP contribution in [0.2, 0.25) is 0 Å². The fourth-order valence-electron chi connectivity index (χ4n) is 2.49. The zero-order valence-corrected chi connectivity index (χ0v) is 12.5. The van der Waals surface area contributed by atoms with Crippen molar-refractivity contribution in [2.75, 3.05) is 0 Å². The average Bonchev–Trinajstić information content (AvgIpc) is 2.91. The zero-order valence-electron chi connectivity index (χ0n) is 12.5. The third-order valence-corrected chi connectivity index (χ3v) is 3.72. The Hall–Kier alpha value is -2.90. The van der Waals surface area contributed by atoms with Gasteiger partial charge in [0, 0.05) is 12.5 Å². The van der Waals surface area contributed by atoms with Gasteiger partial charge in [0.2, 0.25) is 17.7 Å². The number of fused-ring (bicyclic) bond motifs is 1. The molecule has 2 atom stereocenters. The Morgan fingerprint density at radius 2 is 2.13 bits per heavy atom. The maximum Gasteiger partial charge on any atom is 0.321 e. The number of amides is 4. The number of hydrogen-bond acceptors (Lipinski definition) is 5. The molecule has 2 aromatic rings. The van der Waals surface area contributed by atoms with Crippen molar-refractivity contribution in [3.05, 3.63) is 30.2 Å². The average molecular weight is 316 g/mol. The number of urea groups is 1. The Morgan fingerprint density at radius 3 is 2.87 bits per heavy atom. The summed E-state index contributed by atoms with van der Waals surface area (Å²) in [5.41, 5.74) is 1.37. The van der Waals surface area contributed by atoms with Crippen molar-refractivity contribution < 1.29 is 18.8 Å². The lowest BCUT2D eigenvalue weighted by molar-refractivity contribution is -0.131. The van der Waals surface area contributed by atoms with Crippen LogP contribution in [0.25, 0.3) is 11.1 Å². The number of hydrogen-bond donors (Lipinski definition) is 3. The van der Waals surface area contributed by atoms with Crippen LogP contribution in [0.4, 0.5) is 4.79 Å². The van der Waals surface area contributed by atoms with Crippen molar-refractivity contribution >= 4 is 28.9 Å². The second-order valence-electron chi connectivity index (χ2n) is 5.41. The van der Waals surface area contributed by atoms with E-state index in [1.165, 1.54) is 0 Å². The van der Waals surface area contributed by atoms with Gasteiger partial charge >= 0.3 is 6.03 Å². The number of carbonyl (C=O) groups excluding carboxylic acids is 3. The fourth-order valence-corrected chi connectivity index (χ4v) is 2.49. The molecule has 2 heterocycles. The molecular formula is C15H16N4O4. The topological polar surface area (TPSA) is 113 Å². The van der Waals surface area contributed by atoms with E-state index in [9.17, 15) is 14.4 Å². The van der Waals surface area contributed by atoms with Crippen LogP contribution < -0.4 is 16.0 Å². The van der Waals surface area contributed by atoms with E-state index >= 15 is 0 Å². The molecule has 1 aliphatic rings. The molecule has 2 unspecified atom stereocenters. The molecule has 0 aliphatic carbocycles. The first-order valence-corrected chi connectivity index (χ1v) is 7.25. The van der Waals surface area contributed by atoms with E-state index in [1.54, 1.807) is 13.0 Å². The predicted molar refractivity (Wildman–Crippen MR) is 80.1 cm³/mol. The maximum atomic E-state index is 12.0. The van der Waals surface area contributed by atoms with E-state index in [0.717, 1.165) is 5.52 Å². The number of para-hydroxylation sites is 2. The highest BCUT2D eigenvalue weighted by Gasteiger charge is 2.34. The lowest BCUT2D eigenvalue weighted by atomic mass is 9.94. The van der Waals surface area contributed by atoms with Crippen LogP contribution in [0.3, 0.4) is 0 Å². The van der Waals surface area contributed by atoms with Crippen LogP contribution in [-0.4, -0.2) is 28.9 Å². The van der Waals surface area contributed by atoms with Crippen molar-refractivity contribution in [3.63, 3.8) is 0 Å². The van der Waals surface area contributed by atoms with Crippen LogP contribution in [0.5, 0.6) is 0 Å². The summed E-state index contributed by atoms with van der Waals surface area (Å²) in [6, 6.07) is 6.38. The minimum absolute atomic E-state index is 0.0203. The van der Waals surface area contributed by atoms with Gasteiger partial charge in [0.1, 0.15) is 5.52 Å². The molecule has 8 nitrogen and oxygen atoms in total. The fraction of sp³-hybridized carbons (Fsp3) is 0.333. The predicted octanol–water partition coefficient (Wildman–Crippen LogP) is 0.678. The van der Waals surface area contributed by atoms with Gasteiger partial charge in [-0.3, -0.25) is 14.9 Å². The number of aromatic nitrogens is 1. The van der Waals surface area contributed by atoms with Gasteiger partial charge in [0.05, 0.1) is 12.5 Å². The van der Waals surface area contributed by atoms with Crippen LogP contribution in [0.15, 0.2) is 28.7 Å².